The van der Waals surface area contributed by atoms with Crippen LogP contribution in [0.4, 0.5) is 0 Å². The standard InChI is InChI=1S/C16H23NO2/c1-3-12-9-14(19-2)10-16(18)15(12)11-17-13-7-5-4-6-8-13/h9-11,13,18H,3-8H2,1-2H3. The second kappa shape index (κ2) is 6.60. The molecule has 0 aromatic heterocycles. The maximum absolute atomic E-state index is 10.1. The average Bonchev–Trinajstić information content (AvgIpc) is 2.46. The van der Waals surface area contributed by atoms with Crippen LogP contribution in [0, 0.1) is 0 Å². The number of aryl methyl sites for hydroxylation is 1. The van der Waals surface area contributed by atoms with Crippen LogP contribution in [0.2, 0.25) is 0 Å². The van der Waals surface area contributed by atoms with E-state index in [1.54, 1.807) is 13.2 Å². The summed E-state index contributed by atoms with van der Waals surface area (Å²) < 4.78 is 5.18. The summed E-state index contributed by atoms with van der Waals surface area (Å²) in [5.74, 6) is 0.958. The quantitative estimate of drug-likeness (QED) is 0.839. The molecule has 0 aliphatic heterocycles. The van der Waals surface area contributed by atoms with Crippen molar-refractivity contribution in [3.8, 4) is 11.5 Å². The van der Waals surface area contributed by atoms with Crippen LogP contribution in [0.25, 0.3) is 0 Å². The van der Waals surface area contributed by atoms with Gasteiger partial charge in [-0.15, -0.1) is 0 Å². The highest BCUT2D eigenvalue weighted by molar-refractivity contribution is 5.86. The fourth-order valence-corrected chi connectivity index (χ4v) is 2.64. The molecule has 1 aliphatic rings. The predicted octanol–water partition coefficient (Wildman–Crippen LogP) is 3.71. The number of ether oxygens (including phenoxy) is 1. The Morgan fingerprint density at radius 3 is 2.68 bits per heavy atom. The number of aliphatic imine (C=N–C) groups is 1. The Morgan fingerprint density at radius 2 is 2.05 bits per heavy atom. The first-order valence-corrected chi connectivity index (χ1v) is 7.17. The van der Waals surface area contributed by atoms with Crippen LogP contribution in [0.5, 0.6) is 11.5 Å². The minimum Gasteiger partial charge on any atom is -0.507 e. The molecule has 0 spiro atoms. The molecule has 3 nitrogen and oxygen atoms in total. The smallest absolute Gasteiger partial charge is 0.128 e. The average molecular weight is 261 g/mol. The third kappa shape index (κ3) is 3.49. The van der Waals surface area contributed by atoms with Crippen molar-refractivity contribution < 1.29 is 9.84 Å². The monoisotopic (exact) mass is 261 g/mol. The lowest BCUT2D eigenvalue weighted by Gasteiger charge is -2.17. The summed E-state index contributed by atoms with van der Waals surface area (Å²) in [6, 6.07) is 4.06. The lowest BCUT2D eigenvalue weighted by molar-refractivity contribution is 0.406. The Bertz CT molecular complexity index is 448. The van der Waals surface area contributed by atoms with Crippen molar-refractivity contribution in [1.82, 2.24) is 0 Å². The van der Waals surface area contributed by atoms with Crippen molar-refractivity contribution in [1.29, 1.82) is 0 Å². The van der Waals surface area contributed by atoms with Crippen LogP contribution in [0.3, 0.4) is 0 Å². The molecule has 0 bridgehead atoms. The Morgan fingerprint density at radius 1 is 1.32 bits per heavy atom. The molecule has 1 aromatic rings. The number of phenolic OH excluding ortho intramolecular Hbond substituents is 1. The SMILES string of the molecule is CCc1cc(OC)cc(O)c1C=NC1CCCCC1. The van der Waals surface area contributed by atoms with Gasteiger partial charge >= 0.3 is 0 Å². The van der Waals surface area contributed by atoms with Crippen LogP contribution in [0.15, 0.2) is 17.1 Å². The highest BCUT2D eigenvalue weighted by Crippen LogP contribution is 2.28. The second-order valence-electron chi connectivity index (χ2n) is 5.14. The van der Waals surface area contributed by atoms with E-state index in [-0.39, 0.29) is 5.75 Å². The zero-order valence-corrected chi connectivity index (χ0v) is 11.9. The number of rotatable bonds is 4. The van der Waals surface area contributed by atoms with Gasteiger partial charge in [0.2, 0.25) is 0 Å². The van der Waals surface area contributed by atoms with E-state index in [2.05, 4.69) is 11.9 Å². The third-order valence-electron chi connectivity index (χ3n) is 3.82. The summed E-state index contributed by atoms with van der Waals surface area (Å²) in [6.07, 6.45) is 8.94. The maximum atomic E-state index is 10.1. The molecule has 0 saturated heterocycles. The molecule has 0 amide bonds. The van der Waals surface area contributed by atoms with Gasteiger partial charge in [-0.2, -0.15) is 0 Å². The molecule has 19 heavy (non-hydrogen) atoms. The predicted molar refractivity (Wildman–Crippen MR) is 78.5 cm³/mol. The first-order valence-electron chi connectivity index (χ1n) is 7.17. The van der Waals surface area contributed by atoms with Crippen LogP contribution in [-0.2, 0) is 6.42 Å². The van der Waals surface area contributed by atoms with E-state index >= 15 is 0 Å². The van der Waals surface area contributed by atoms with Crippen LogP contribution >= 0.6 is 0 Å². The number of benzene rings is 1. The van der Waals surface area contributed by atoms with Crippen molar-refractivity contribution in [3.05, 3.63) is 23.3 Å². The Labute approximate surface area is 115 Å². The Balaban J connectivity index is 2.20. The fraction of sp³-hybridized carbons (Fsp3) is 0.562. The number of phenols is 1. The van der Waals surface area contributed by atoms with Crippen molar-refractivity contribution in [2.75, 3.05) is 7.11 Å². The van der Waals surface area contributed by atoms with Gasteiger partial charge in [-0.05, 0) is 30.9 Å². The molecule has 1 aromatic carbocycles. The summed E-state index contributed by atoms with van der Waals surface area (Å²) in [6.45, 7) is 2.08. The molecule has 3 heteroatoms. The zero-order valence-electron chi connectivity index (χ0n) is 11.9. The van der Waals surface area contributed by atoms with E-state index in [9.17, 15) is 5.11 Å². The summed E-state index contributed by atoms with van der Waals surface area (Å²) in [5.41, 5.74) is 1.92. The summed E-state index contributed by atoms with van der Waals surface area (Å²) >= 11 is 0. The lowest BCUT2D eigenvalue weighted by atomic mass is 9.96. The first-order chi connectivity index (χ1) is 9.24. The normalized spacial score (nSPS) is 16.9. The van der Waals surface area contributed by atoms with Gasteiger partial charge in [-0.3, -0.25) is 4.99 Å². The number of aromatic hydroxyl groups is 1. The van der Waals surface area contributed by atoms with Crippen LogP contribution in [0.1, 0.15) is 50.2 Å². The first kappa shape index (κ1) is 13.9. The fourth-order valence-electron chi connectivity index (χ4n) is 2.64. The molecule has 0 atom stereocenters. The molecule has 0 heterocycles. The van der Waals surface area contributed by atoms with Gasteiger partial charge in [-0.25, -0.2) is 0 Å². The van der Waals surface area contributed by atoms with Gasteiger partial charge in [0.05, 0.1) is 7.11 Å². The molecule has 104 valence electrons. The molecule has 1 aliphatic carbocycles. The second-order valence-corrected chi connectivity index (χ2v) is 5.14. The van der Waals surface area contributed by atoms with Crippen molar-refractivity contribution in [2.45, 2.75) is 51.5 Å². The summed E-state index contributed by atoms with van der Waals surface area (Å²) in [7, 11) is 1.62. The van der Waals surface area contributed by atoms with E-state index in [4.69, 9.17) is 4.74 Å². The largest absolute Gasteiger partial charge is 0.507 e. The van der Waals surface area contributed by atoms with Crippen molar-refractivity contribution >= 4 is 6.21 Å². The van der Waals surface area contributed by atoms with Gasteiger partial charge < -0.3 is 9.84 Å². The Hall–Kier alpha value is -1.51. The molecule has 1 N–H and O–H groups in total. The minimum atomic E-state index is 0.260. The van der Waals surface area contributed by atoms with E-state index < -0.39 is 0 Å². The van der Waals surface area contributed by atoms with E-state index in [0.717, 1.165) is 17.5 Å². The summed E-state index contributed by atoms with van der Waals surface area (Å²) in [4.78, 5) is 4.65. The highest BCUT2D eigenvalue weighted by atomic mass is 16.5. The maximum Gasteiger partial charge on any atom is 0.128 e. The van der Waals surface area contributed by atoms with E-state index in [1.807, 2.05) is 12.3 Å². The topological polar surface area (TPSA) is 41.8 Å². The number of methoxy groups -OCH3 is 1. The molecular weight excluding hydrogens is 238 g/mol. The Kier molecular flexibility index (Phi) is 4.83. The van der Waals surface area contributed by atoms with Gasteiger partial charge in [0.1, 0.15) is 11.5 Å². The molecule has 1 fully saturated rings. The molecule has 0 radical (unpaired) electrons. The molecule has 2 rings (SSSR count). The van der Waals surface area contributed by atoms with Crippen LogP contribution < -0.4 is 4.74 Å². The number of hydrogen-bond acceptors (Lipinski definition) is 3. The summed E-state index contributed by atoms with van der Waals surface area (Å²) in [5, 5.41) is 10.1. The zero-order chi connectivity index (χ0) is 13.7. The molecular formula is C16H23NO2. The highest BCUT2D eigenvalue weighted by Gasteiger charge is 2.12. The lowest BCUT2D eigenvalue weighted by Crippen LogP contribution is -2.10. The third-order valence-corrected chi connectivity index (χ3v) is 3.82. The van der Waals surface area contributed by atoms with E-state index in [1.165, 1.54) is 32.1 Å². The van der Waals surface area contributed by atoms with E-state index in [0.29, 0.717) is 11.8 Å². The number of nitrogens with zero attached hydrogens (tertiary/aromatic N) is 1. The van der Waals surface area contributed by atoms with Gasteiger partial charge in [0, 0.05) is 23.9 Å². The van der Waals surface area contributed by atoms with Crippen molar-refractivity contribution in [2.24, 2.45) is 4.99 Å². The van der Waals surface area contributed by atoms with Gasteiger partial charge in [0.15, 0.2) is 0 Å². The van der Waals surface area contributed by atoms with Gasteiger partial charge in [0.25, 0.3) is 0 Å². The van der Waals surface area contributed by atoms with Crippen LogP contribution in [-0.4, -0.2) is 24.5 Å². The number of hydrogen-bond donors (Lipinski definition) is 1. The minimum absolute atomic E-state index is 0.260. The van der Waals surface area contributed by atoms with Crippen molar-refractivity contribution in [3.63, 3.8) is 0 Å². The molecule has 0 unspecified atom stereocenters. The van der Waals surface area contributed by atoms with Gasteiger partial charge in [-0.1, -0.05) is 26.2 Å². The molecule has 1 saturated carbocycles.